The van der Waals surface area contributed by atoms with Crippen molar-refractivity contribution in [2.24, 2.45) is 0 Å². The molecule has 2 nitrogen and oxygen atoms in total. The molecule has 1 aromatic rings. The van der Waals surface area contributed by atoms with Gasteiger partial charge in [0.05, 0.1) is 6.07 Å². The predicted octanol–water partition coefficient (Wildman–Crippen LogP) is 3.97. The Labute approximate surface area is 121 Å². The second-order valence-corrected chi connectivity index (χ2v) is 6.81. The fourth-order valence-electron chi connectivity index (χ4n) is 1.69. The zero-order valence-electron chi connectivity index (χ0n) is 12.4. The van der Waals surface area contributed by atoms with Gasteiger partial charge >= 0.3 is 0 Å². The molecule has 0 spiro atoms. The first-order chi connectivity index (χ1) is 8.97. The molecule has 1 rings (SSSR count). The van der Waals surface area contributed by atoms with Gasteiger partial charge in [0.15, 0.2) is 0 Å². The molecule has 1 atom stereocenters. The molecule has 1 N–H and O–H groups in total. The number of nitrogens with one attached hydrogen (secondary N) is 1. The highest BCUT2D eigenvalue weighted by molar-refractivity contribution is 7.99. The van der Waals surface area contributed by atoms with Crippen LogP contribution in [0.15, 0.2) is 29.2 Å². The Hall–Kier alpha value is -0.980. The summed E-state index contributed by atoms with van der Waals surface area (Å²) in [4.78, 5) is 1.23. The van der Waals surface area contributed by atoms with Gasteiger partial charge in [0.2, 0.25) is 0 Å². The Bertz CT molecular complexity index is 412. The van der Waals surface area contributed by atoms with E-state index < -0.39 is 0 Å². The van der Waals surface area contributed by atoms with Crippen molar-refractivity contribution in [3.63, 3.8) is 0 Å². The Morgan fingerprint density at radius 1 is 1.26 bits per heavy atom. The molecular formula is C16H24N2S. The molecule has 0 heterocycles. The minimum Gasteiger partial charge on any atom is -0.301 e. The summed E-state index contributed by atoms with van der Waals surface area (Å²) >= 11 is 1.74. The van der Waals surface area contributed by atoms with Crippen molar-refractivity contribution in [2.45, 2.75) is 50.5 Å². The number of nitriles is 1. The molecule has 3 heteroatoms. The second kappa shape index (κ2) is 7.57. The van der Waals surface area contributed by atoms with Crippen LogP contribution in [-0.4, -0.2) is 18.3 Å². The predicted molar refractivity (Wildman–Crippen MR) is 83.6 cm³/mol. The van der Waals surface area contributed by atoms with Crippen LogP contribution >= 0.6 is 11.8 Å². The van der Waals surface area contributed by atoms with Crippen molar-refractivity contribution in [1.29, 1.82) is 5.26 Å². The van der Waals surface area contributed by atoms with Gasteiger partial charge in [-0.05, 0) is 36.1 Å². The van der Waals surface area contributed by atoms with E-state index in [9.17, 15) is 0 Å². The minimum absolute atomic E-state index is 0.0627. The van der Waals surface area contributed by atoms with E-state index in [2.05, 4.69) is 63.3 Å². The topological polar surface area (TPSA) is 35.8 Å². The van der Waals surface area contributed by atoms with Gasteiger partial charge in [-0.25, -0.2) is 0 Å². The van der Waals surface area contributed by atoms with E-state index in [1.807, 2.05) is 0 Å². The second-order valence-electron chi connectivity index (χ2n) is 5.72. The van der Waals surface area contributed by atoms with Crippen molar-refractivity contribution >= 4 is 11.8 Å². The highest BCUT2D eigenvalue weighted by atomic mass is 32.2. The quantitative estimate of drug-likeness (QED) is 0.799. The van der Waals surface area contributed by atoms with Crippen LogP contribution in [0.5, 0.6) is 0 Å². The fraction of sp³-hybridized carbons (Fsp3) is 0.562. The third-order valence-electron chi connectivity index (χ3n) is 2.93. The smallest absolute Gasteiger partial charge is 0.105 e. The number of hydrogen-bond acceptors (Lipinski definition) is 3. The number of thioether (sulfide) groups is 1. The fourth-order valence-corrected chi connectivity index (χ4v) is 2.57. The number of benzene rings is 1. The van der Waals surface area contributed by atoms with Gasteiger partial charge in [-0.15, -0.1) is 11.8 Å². The summed E-state index contributed by atoms with van der Waals surface area (Å²) in [5.74, 6) is 0.797. The third-order valence-corrected chi connectivity index (χ3v) is 4.04. The van der Waals surface area contributed by atoms with Crippen LogP contribution in [-0.2, 0) is 5.41 Å². The van der Waals surface area contributed by atoms with Crippen molar-refractivity contribution in [1.82, 2.24) is 5.32 Å². The lowest BCUT2D eigenvalue weighted by atomic mass is 9.87. The van der Waals surface area contributed by atoms with Gasteiger partial charge in [-0.1, -0.05) is 39.8 Å². The van der Waals surface area contributed by atoms with Crippen LogP contribution in [0.2, 0.25) is 0 Å². The van der Waals surface area contributed by atoms with Crippen molar-refractivity contribution < 1.29 is 0 Å². The van der Waals surface area contributed by atoms with Crippen LogP contribution in [0.3, 0.4) is 0 Å². The number of hydrogen-bond donors (Lipinski definition) is 1. The van der Waals surface area contributed by atoms with Crippen LogP contribution in [0.4, 0.5) is 0 Å². The normalized spacial score (nSPS) is 13.0. The summed E-state index contributed by atoms with van der Waals surface area (Å²) in [7, 11) is 0. The first kappa shape index (κ1) is 16.1. The van der Waals surface area contributed by atoms with Crippen molar-refractivity contribution in [3.8, 4) is 6.07 Å². The molecule has 1 aromatic carbocycles. The summed E-state index contributed by atoms with van der Waals surface area (Å²) < 4.78 is 0. The average Bonchev–Trinajstić information content (AvgIpc) is 2.38. The highest BCUT2D eigenvalue weighted by Gasteiger charge is 2.13. The maximum atomic E-state index is 9.06. The Morgan fingerprint density at radius 2 is 1.89 bits per heavy atom. The Balaban J connectivity index is 2.52. The monoisotopic (exact) mass is 276 g/mol. The molecule has 0 radical (unpaired) electrons. The lowest BCUT2D eigenvalue weighted by Gasteiger charge is -2.19. The Kier molecular flexibility index (Phi) is 6.41. The lowest BCUT2D eigenvalue weighted by Crippen LogP contribution is -2.30. The van der Waals surface area contributed by atoms with E-state index in [0.29, 0.717) is 0 Å². The summed E-state index contributed by atoms with van der Waals surface area (Å²) in [5.41, 5.74) is 1.54. The van der Waals surface area contributed by atoms with Crippen LogP contribution in [0.1, 0.15) is 39.7 Å². The number of rotatable bonds is 6. The highest BCUT2D eigenvalue weighted by Crippen LogP contribution is 2.25. The zero-order chi connectivity index (χ0) is 14.3. The zero-order valence-corrected chi connectivity index (χ0v) is 13.2. The molecule has 0 aliphatic heterocycles. The lowest BCUT2D eigenvalue weighted by molar-refractivity contribution is 0.589. The van der Waals surface area contributed by atoms with Gasteiger partial charge in [-0.3, -0.25) is 0 Å². The molecule has 0 aliphatic carbocycles. The van der Waals surface area contributed by atoms with E-state index in [4.69, 9.17) is 5.26 Å². The average molecular weight is 276 g/mol. The standard InChI is InChI=1S/C16H24N2S/c1-5-10-18-14(11-17)12-19-15-8-6-13(7-9-15)16(2,3)4/h6-9,14,18H,5,10,12H2,1-4H3. The molecule has 0 bridgehead atoms. The van der Waals surface area contributed by atoms with Gasteiger partial charge in [0.25, 0.3) is 0 Å². The number of nitrogens with zero attached hydrogens (tertiary/aromatic N) is 1. The summed E-state index contributed by atoms with van der Waals surface area (Å²) in [6, 6.07) is 10.9. The summed E-state index contributed by atoms with van der Waals surface area (Å²) in [5, 5.41) is 12.3. The maximum absolute atomic E-state index is 9.06. The molecule has 0 saturated carbocycles. The van der Waals surface area contributed by atoms with Crippen LogP contribution in [0, 0.1) is 11.3 Å². The molecule has 104 valence electrons. The summed E-state index contributed by atoms with van der Waals surface area (Å²) in [6.07, 6.45) is 1.06. The minimum atomic E-state index is -0.0627. The molecule has 0 fully saturated rings. The first-order valence-electron chi connectivity index (χ1n) is 6.83. The maximum Gasteiger partial charge on any atom is 0.105 e. The van der Waals surface area contributed by atoms with Gasteiger partial charge in [0.1, 0.15) is 6.04 Å². The molecular weight excluding hydrogens is 252 g/mol. The van der Waals surface area contributed by atoms with Gasteiger partial charge < -0.3 is 5.32 Å². The van der Waals surface area contributed by atoms with E-state index in [1.165, 1.54) is 10.5 Å². The van der Waals surface area contributed by atoms with E-state index in [0.717, 1.165) is 18.7 Å². The first-order valence-corrected chi connectivity index (χ1v) is 7.82. The molecule has 0 amide bonds. The SMILES string of the molecule is CCCNC(C#N)CSc1ccc(C(C)(C)C)cc1. The van der Waals surface area contributed by atoms with Crippen molar-refractivity contribution in [2.75, 3.05) is 12.3 Å². The van der Waals surface area contributed by atoms with Crippen LogP contribution < -0.4 is 5.32 Å². The Morgan fingerprint density at radius 3 is 2.37 bits per heavy atom. The van der Waals surface area contributed by atoms with E-state index in [-0.39, 0.29) is 11.5 Å². The van der Waals surface area contributed by atoms with Gasteiger partial charge in [0, 0.05) is 10.6 Å². The van der Waals surface area contributed by atoms with E-state index >= 15 is 0 Å². The molecule has 0 aromatic heterocycles. The third kappa shape index (κ3) is 5.67. The molecule has 0 aliphatic rings. The molecule has 0 saturated heterocycles. The van der Waals surface area contributed by atoms with Gasteiger partial charge in [-0.2, -0.15) is 5.26 Å². The van der Waals surface area contributed by atoms with Crippen molar-refractivity contribution in [3.05, 3.63) is 29.8 Å². The van der Waals surface area contributed by atoms with E-state index in [1.54, 1.807) is 11.8 Å². The largest absolute Gasteiger partial charge is 0.301 e. The summed E-state index contributed by atoms with van der Waals surface area (Å²) in [6.45, 7) is 9.67. The molecule has 1 unspecified atom stereocenters. The molecule has 19 heavy (non-hydrogen) atoms. The van der Waals surface area contributed by atoms with Crippen LogP contribution in [0.25, 0.3) is 0 Å².